The summed E-state index contributed by atoms with van der Waals surface area (Å²) in [5, 5.41) is 8.92. The molecule has 9 aromatic carbocycles. The Morgan fingerprint density at radius 1 is 0.321 bits per heavy atom. The first kappa shape index (κ1) is 30.9. The first-order valence-electron chi connectivity index (χ1n) is 18.9. The first-order chi connectivity index (χ1) is 27.7. The summed E-state index contributed by atoms with van der Waals surface area (Å²) in [6.45, 7) is 0. The first-order valence-corrected chi connectivity index (χ1v) is 18.9. The topological polar surface area (TPSA) is 42.7 Å². The molecule has 3 aromatic heterocycles. The van der Waals surface area contributed by atoms with Gasteiger partial charge >= 0.3 is 0 Å². The van der Waals surface area contributed by atoms with Gasteiger partial charge in [0.25, 0.3) is 0 Å². The Balaban J connectivity index is 0.983. The van der Waals surface area contributed by atoms with E-state index in [1.807, 2.05) is 12.1 Å². The number of furan rings is 3. The van der Waals surface area contributed by atoms with Gasteiger partial charge in [-0.3, -0.25) is 0 Å². The molecule has 0 amide bonds. The lowest BCUT2D eigenvalue weighted by atomic mass is 9.98. The van der Waals surface area contributed by atoms with Gasteiger partial charge in [-0.25, -0.2) is 0 Å². The SMILES string of the molecule is c1ccc(N(c2cccc3ccccc23)c2cccc3oc4cc(-c5cccc6c5oc5ccc(-c7ccc8c(c7)oc7ccccc78)cc56)ccc4c23)cc1. The van der Waals surface area contributed by atoms with Crippen molar-refractivity contribution in [3.05, 3.63) is 188 Å². The van der Waals surface area contributed by atoms with Crippen molar-refractivity contribution < 1.29 is 13.3 Å². The summed E-state index contributed by atoms with van der Waals surface area (Å²) in [6, 6.07) is 66.0. The lowest BCUT2D eigenvalue weighted by Crippen LogP contribution is -2.10. The maximum atomic E-state index is 6.69. The fourth-order valence-corrected chi connectivity index (χ4v) is 8.66. The van der Waals surface area contributed by atoms with Gasteiger partial charge in [0.15, 0.2) is 0 Å². The summed E-state index contributed by atoms with van der Waals surface area (Å²) in [6.07, 6.45) is 0. The van der Waals surface area contributed by atoms with Gasteiger partial charge in [0.05, 0.1) is 16.8 Å². The maximum Gasteiger partial charge on any atom is 0.143 e. The van der Waals surface area contributed by atoms with Crippen LogP contribution in [-0.2, 0) is 0 Å². The van der Waals surface area contributed by atoms with Crippen LogP contribution in [0.2, 0.25) is 0 Å². The number of para-hydroxylation sites is 3. The van der Waals surface area contributed by atoms with Crippen LogP contribution in [0.1, 0.15) is 0 Å². The zero-order valence-corrected chi connectivity index (χ0v) is 30.1. The number of nitrogens with zero attached hydrogens (tertiary/aromatic N) is 1. The van der Waals surface area contributed by atoms with E-state index >= 15 is 0 Å². The average Bonchev–Trinajstić information content (AvgIpc) is 3.95. The standard InChI is InChI=1S/C52H31NO3/c1-2-13-36(14-3-1)53(44-19-8-12-32-11-4-5-15-37(32)44)45-20-10-22-48-51(45)42-27-24-35(31-50(42)55-48)38-17-9-18-41-43-29-33(25-28-47(43)56-52(38)41)34-23-26-40-39-16-6-7-21-46(39)54-49(40)30-34/h1-31H. The lowest BCUT2D eigenvalue weighted by molar-refractivity contribution is 0.668. The highest BCUT2D eigenvalue weighted by atomic mass is 16.3. The normalized spacial score (nSPS) is 11.9. The van der Waals surface area contributed by atoms with E-state index in [4.69, 9.17) is 13.3 Å². The molecule has 0 spiro atoms. The highest BCUT2D eigenvalue weighted by Crippen LogP contribution is 2.46. The fraction of sp³-hybridized carbons (Fsp3) is 0. The summed E-state index contributed by atoms with van der Waals surface area (Å²) >= 11 is 0. The van der Waals surface area contributed by atoms with Crippen LogP contribution in [0.3, 0.4) is 0 Å². The Morgan fingerprint density at radius 3 is 1.88 bits per heavy atom. The van der Waals surface area contributed by atoms with Crippen LogP contribution in [0.5, 0.6) is 0 Å². The zero-order valence-electron chi connectivity index (χ0n) is 30.1. The second-order valence-corrected chi connectivity index (χ2v) is 14.4. The van der Waals surface area contributed by atoms with Crippen LogP contribution in [0.25, 0.3) is 98.8 Å². The minimum Gasteiger partial charge on any atom is -0.456 e. The molecule has 0 radical (unpaired) electrons. The van der Waals surface area contributed by atoms with E-state index in [0.717, 1.165) is 105 Å². The number of hydrogen-bond acceptors (Lipinski definition) is 4. The number of rotatable bonds is 5. The third-order valence-corrected chi connectivity index (χ3v) is 11.3. The van der Waals surface area contributed by atoms with E-state index in [9.17, 15) is 0 Å². The lowest BCUT2D eigenvalue weighted by Gasteiger charge is -2.27. The highest BCUT2D eigenvalue weighted by Gasteiger charge is 2.22. The summed E-state index contributed by atoms with van der Waals surface area (Å²) in [4.78, 5) is 2.35. The molecule has 56 heavy (non-hydrogen) atoms. The van der Waals surface area contributed by atoms with Gasteiger partial charge in [-0.2, -0.15) is 0 Å². The highest BCUT2D eigenvalue weighted by molar-refractivity contribution is 6.16. The second kappa shape index (κ2) is 12.0. The van der Waals surface area contributed by atoms with Gasteiger partial charge in [-0.05, 0) is 94.9 Å². The van der Waals surface area contributed by atoms with E-state index < -0.39 is 0 Å². The Labute approximate surface area is 321 Å². The van der Waals surface area contributed by atoms with Gasteiger partial charge in [0.1, 0.15) is 33.5 Å². The smallest absolute Gasteiger partial charge is 0.143 e. The molecule has 0 aliphatic heterocycles. The molecular weight excluding hydrogens is 687 g/mol. The fourth-order valence-electron chi connectivity index (χ4n) is 8.66. The molecule has 0 aliphatic rings. The number of benzene rings is 9. The van der Waals surface area contributed by atoms with Gasteiger partial charge in [0, 0.05) is 43.6 Å². The molecule has 0 saturated carbocycles. The molecule has 12 aromatic rings. The molecule has 0 aliphatic carbocycles. The largest absolute Gasteiger partial charge is 0.456 e. The van der Waals surface area contributed by atoms with Crippen molar-refractivity contribution in [2.24, 2.45) is 0 Å². The molecule has 3 heterocycles. The third-order valence-electron chi connectivity index (χ3n) is 11.3. The summed E-state index contributed by atoms with van der Waals surface area (Å²) in [5.41, 5.74) is 12.7. The summed E-state index contributed by atoms with van der Waals surface area (Å²) in [5.74, 6) is 0. The van der Waals surface area contributed by atoms with E-state index in [1.165, 1.54) is 10.8 Å². The zero-order chi connectivity index (χ0) is 36.7. The van der Waals surface area contributed by atoms with Crippen molar-refractivity contribution in [2.45, 2.75) is 0 Å². The van der Waals surface area contributed by atoms with Gasteiger partial charge in [-0.1, -0.05) is 115 Å². The number of anilines is 3. The van der Waals surface area contributed by atoms with Crippen LogP contribution < -0.4 is 4.90 Å². The Kier molecular flexibility index (Phi) is 6.60. The Morgan fingerprint density at radius 2 is 0.929 bits per heavy atom. The summed E-state index contributed by atoms with van der Waals surface area (Å²) in [7, 11) is 0. The molecule has 0 unspecified atom stereocenters. The quantitative estimate of drug-likeness (QED) is 0.178. The van der Waals surface area contributed by atoms with Crippen molar-refractivity contribution >= 4 is 93.7 Å². The van der Waals surface area contributed by atoms with E-state index in [1.54, 1.807) is 0 Å². The minimum absolute atomic E-state index is 0.826. The van der Waals surface area contributed by atoms with E-state index in [-0.39, 0.29) is 0 Å². The number of hydrogen-bond donors (Lipinski definition) is 0. The molecule has 0 bridgehead atoms. The van der Waals surface area contributed by atoms with Crippen LogP contribution in [0, 0.1) is 0 Å². The molecule has 0 saturated heterocycles. The summed E-state index contributed by atoms with van der Waals surface area (Å²) < 4.78 is 19.5. The van der Waals surface area contributed by atoms with Gasteiger partial charge in [0.2, 0.25) is 0 Å². The third kappa shape index (κ3) is 4.66. The Bertz CT molecular complexity index is 3490. The Hall–Kier alpha value is -7.56. The van der Waals surface area contributed by atoms with Crippen LogP contribution >= 0.6 is 0 Å². The second-order valence-electron chi connectivity index (χ2n) is 14.4. The van der Waals surface area contributed by atoms with Crippen molar-refractivity contribution in [1.29, 1.82) is 0 Å². The molecule has 4 heteroatoms. The monoisotopic (exact) mass is 717 g/mol. The minimum atomic E-state index is 0.826. The van der Waals surface area contributed by atoms with Gasteiger partial charge < -0.3 is 18.2 Å². The van der Waals surface area contributed by atoms with E-state index in [0.29, 0.717) is 0 Å². The van der Waals surface area contributed by atoms with Crippen molar-refractivity contribution in [1.82, 2.24) is 0 Å². The molecule has 0 fully saturated rings. The maximum absolute atomic E-state index is 6.69. The molecule has 0 N–H and O–H groups in total. The van der Waals surface area contributed by atoms with Crippen LogP contribution in [-0.4, -0.2) is 0 Å². The van der Waals surface area contributed by atoms with E-state index in [2.05, 4.69) is 181 Å². The molecular formula is C52H31NO3. The van der Waals surface area contributed by atoms with Crippen molar-refractivity contribution in [3.63, 3.8) is 0 Å². The predicted molar refractivity (Wildman–Crippen MR) is 231 cm³/mol. The molecule has 262 valence electrons. The van der Waals surface area contributed by atoms with Crippen molar-refractivity contribution in [2.75, 3.05) is 4.90 Å². The van der Waals surface area contributed by atoms with Gasteiger partial charge in [-0.15, -0.1) is 0 Å². The predicted octanol–water partition coefficient (Wildman–Crippen LogP) is 15.3. The molecule has 0 atom stereocenters. The van der Waals surface area contributed by atoms with Crippen LogP contribution in [0.4, 0.5) is 17.1 Å². The molecule has 12 rings (SSSR count). The molecule has 4 nitrogen and oxygen atoms in total. The van der Waals surface area contributed by atoms with Crippen LogP contribution in [0.15, 0.2) is 201 Å². The number of fused-ring (bicyclic) bond motifs is 10. The van der Waals surface area contributed by atoms with Crippen molar-refractivity contribution in [3.8, 4) is 22.3 Å². The average molecular weight is 718 g/mol.